The van der Waals surface area contributed by atoms with Crippen molar-refractivity contribution in [3.8, 4) is 11.3 Å². The van der Waals surface area contributed by atoms with Crippen LogP contribution in [0.3, 0.4) is 0 Å². The maximum Gasteiger partial charge on any atom is 0.390 e. The number of para-hydroxylation sites is 1. The van der Waals surface area contributed by atoms with E-state index >= 15 is 0 Å². The zero-order valence-corrected chi connectivity index (χ0v) is 18.1. The molecule has 7 nitrogen and oxygen atoms in total. The number of H-pyrrole nitrogens is 1. The monoisotopic (exact) mass is 474 g/mol. The van der Waals surface area contributed by atoms with Crippen LogP contribution in [0, 0.1) is 12.7 Å². The van der Waals surface area contributed by atoms with E-state index in [1.165, 1.54) is 30.5 Å². The van der Waals surface area contributed by atoms with E-state index in [0.717, 1.165) is 0 Å². The van der Waals surface area contributed by atoms with Crippen LogP contribution in [-0.2, 0) is 0 Å². The molecule has 0 saturated heterocycles. The van der Waals surface area contributed by atoms with Crippen molar-refractivity contribution in [2.24, 2.45) is 16.5 Å². The van der Waals surface area contributed by atoms with Gasteiger partial charge in [0.1, 0.15) is 17.3 Å². The number of nitrogens with one attached hydrogen (secondary N) is 2. The summed E-state index contributed by atoms with van der Waals surface area (Å²) in [6, 6.07) is 10.7. The number of primary amides is 1. The summed E-state index contributed by atoms with van der Waals surface area (Å²) in [5.74, 6) is -1.10. The number of nitrogens with two attached hydrogens (primary N) is 2. The number of rotatable bonds is 8. The van der Waals surface area contributed by atoms with Gasteiger partial charge in [0.25, 0.3) is 0 Å². The Balaban J connectivity index is 1.93. The van der Waals surface area contributed by atoms with E-state index < -0.39 is 30.9 Å². The summed E-state index contributed by atoms with van der Waals surface area (Å²) in [6.07, 6.45) is -2.70. The van der Waals surface area contributed by atoms with E-state index in [0.29, 0.717) is 22.4 Å². The number of aromatic nitrogens is 2. The molecule has 0 fully saturated rings. The van der Waals surface area contributed by atoms with Gasteiger partial charge in [-0.2, -0.15) is 13.2 Å². The molecule has 0 bridgehead atoms. The average Bonchev–Trinajstić information content (AvgIpc) is 3.24. The van der Waals surface area contributed by atoms with Gasteiger partial charge in [-0.05, 0) is 42.3 Å². The van der Waals surface area contributed by atoms with Crippen LogP contribution in [-0.4, -0.2) is 34.4 Å². The number of imidazole rings is 1. The maximum absolute atomic E-state index is 13.9. The fourth-order valence-electron chi connectivity index (χ4n) is 3.12. The topological polar surface area (TPSA) is 122 Å². The quantitative estimate of drug-likeness (QED) is 0.222. The summed E-state index contributed by atoms with van der Waals surface area (Å²) in [7, 11) is 0. The molecule has 178 valence electrons. The lowest BCUT2D eigenvalue weighted by Crippen LogP contribution is -2.22. The molecule has 0 saturated carbocycles. The van der Waals surface area contributed by atoms with Crippen LogP contribution >= 0.6 is 0 Å². The Morgan fingerprint density at radius 3 is 2.59 bits per heavy atom. The molecule has 6 N–H and O–H groups in total. The third kappa shape index (κ3) is 6.44. The Hall–Kier alpha value is -4.15. The molecule has 11 heteroatoms. The van der Waals surface area contributed by atoms with E-state index in [4.69, 9.17) is 11.5 Å². The molecule has 0 aliphatic carbocycles. The summed E-state index contributed by atoms with van der Waals surface area (Å²) in [4.78, 5) is 22.7. The number of aliphatic imine (C=N–C) groups is 1. The van der Waals surface area contributed by atoms with Crippen LogP contribution < -0.4 is 16.8 Å². The van der Waals surface area contributed by atoms with Crippen molar-refractivity contribution in [3.05, 3.63) is 77.5 Å². The van der Waals surface area contributed by atoms with Gasteiger partial charge in [0.05, 0.1) is 24.0 Å². The molecule has 3 aromatic rings. The van der Waals surface area contributed by atoms with Crippen molar-refractivity contribution in [1.29, 1.82) is 0 Å². The Morgan fingerprint density at radius 1 is 1.21 bits per heavy atom. The normalized spacial score (nSPS) is 12.6. The number of amidine groups is 1. The number of halogens is 4. The van der Waals surface area contributed by atoms with Crippen molar-refractivity contribution in [3.63, 3.8) is 0 Å². The first kappa shape index (κ1) is 24.5. The minimum Gasteiger partial charge on any atom is -0.384 e. The largest absolute Gasteiger partial charge is 0.390 e. The molecule has 1 amide bonds. The third-order valence-corrected chi connectivity index (χ3v) is 4.75. The molecule has 2 aromatic carbocycles. The lowest BCUT2D eigenvalue weighted by atomic mass is 10.0. The van der Waals surface area contributed by atoms with Crippen LogP contribution in [0.5, 0.6) is 0 Å². The van der Waals surface area contributed by atoms with Gasteiger partial charge in [-0.3, -0.25) is 4.79 Å². The number of hydrogen-bond donors (Lipinski definition) is 4. The zero-order valence-electron chi connectivity index (χ0n) is 18.1. The second-order valence-electron chi connectivity index (χ2n) is 7.38. The molecule has 0 aliphatic heterocycles. The van der Waals surface area contributed by atoms with E-state index in [1.807, 2.05) is 0 Å². The minimum absolute atomic E-state index is 0.0176. The first-order valence-corrected chi connectivity index (χ1v) is 10.1. The van der Waals surface area contributed by atoms with Gasteiger partial charge in [0.15, 0.2) is 5.82 Å². The fraction of sp³-hybridized carbons (Fsp3) is 0.174. The molecule has 1 aromatic heterocycles. The number of hydrogen-bond acceptors (Lipinski definition) is 4. The number of amides is 1. The predicted molar refractivity (Wildman–Crippen MR) is 122 cm³/mol. The van der Waals surface area contributed by atoms with Crippen molar-refractivity contribution >= 4 is 23.1 Å². The summed E-state index contributed by atoms with van der Waals surface area (Å²) in [6.45, 7) is 1.29. The van der Waals surface area contributed by atoms with E-state index in [9.17, 15) is 22.4 Å². The average molecular weight is 474 g/mol. The van der Waals surface area contributed by atoms with Gasteiger partial charge in [0, 0.05) is 18.2 Å². The van der Waals surface area contributed by atoms with E-state index in [-0.39, 0.29) is 23.0 Å². The maximum atomic E-state index is 13.9. The van der Waals surface area contributed by atoms with Crippen molar-refractivity contribution < 1.29 is 22.4 Å². The Bertz CT molecular complexity index is 1250. The Labute approximate surface area is 192 Å². The van der Waals surface area contributed by atoms with Gasteiger partial charge in [-0.15, -0.1) is 0 Å². The van der Waals surface area contributed by atoms with Crippen molar-refractivity contribution in [2.75, 3.05) is 6.54 Å². The first-order chi connectivity index (χ1) is 16.0. The van der Waals surface area contributed by atoms with Gasteiger partial charge >= 0.3 is 6.18 Å². The smallest absolute Gasteiger partial charge is 0.384 e. The molecular weight excluding hydrogens is 452 g/mol. The summed E-state index contributed by atoms with van der Waals surface area (Å²) >= 11 is 0. The van der Waals surface area contributed by atoms with Gasteiger partial charge in [0.2, 0.25) is 5.91 Å². The highest BCUT2D eigenvalue weighted by atomic mass is 19.4. The van der Waals surface area contributed by atoms with E-state index in [2.05, 4.69) is 20.3 Å². The fourth-order valence-corrected chi connectivity index (χ4v) is 3.12. The molecule has 0 unspecified atom stereocenters. The predicted octanol–water partition coefficient (Wildman–Crippen LogP) is 4.19. The standard InChI is InChI=1S/C23H22F4N6O/c1-13-10-14(6-7-15(13)21(29)34)19-12-31-22(33-19)18(30-9-8-23(25,26)27)11-20(28)32-17-5-3-2-4-16(17)24/h2-7,10-12,30H,8-9H2,1H3,(H2,28,32)(H2,29,34)(H,31,33)/b18-11+. The lowest BCUT2D eigenvalue weighted by Gasteiger charge is -2.11. The Kier molecular flexibility index (Phi) is 7.34. The van der Waals surface area contributed by atoms with Crippen LogP contribution in [0.1, 0.15) is 28.2 Å². The number of benzene rings is 2. The Morgan fingerprint density at radius 2 is 1.94 bits per heavy atom. The van der Waals surface area contributed by atoms with E-state index in [1.54, 1.807) is 31.2 Å². The highest BCUT2D eigenvalue weighted by Crippen LogP contribution is 2.23. The highest BCUT2D eigenvalue weighted by Gasteiger charge is 2.26. The summed E-state index contributed by atoms with van der Waals surface area (Å²) in [5.41, 5.74) is 13.6. The molecule has 0 radical (unpaired) electrons. The number of aryl methyl sites for hydroxylation is 1. The van der Waals surface area contributed by atoms with Gasteiger partial charge in [-0.1, -0.05) is 18.2 Å². The molecule has 0 spiro atoms. The van der Waals surface area contributed by atoms with Crippen molar-refractivity contribution in [1.82, 2.24) is 15.3 Å². The van der Waals surface area contributed by atoms with Crippen LogP contribution in [0.25, 0.3) is 17.0 Å². The minimum atomic E-state index is -4.36. The van der Waals surface area contributed by atoms with Crippen LogP contribution in [0.4, 0.5) is 23.2 Å². The van der Waals surface area contributed by atoms with Crippen LogP contribution in [0.15, 0.2) is 59.7 Å². The van der Waals surface area contributed by atoms with Gasteiger partial charge in [-0.25, -0.2) is 14.4 Å². The lowest BCUT2D eigenvalue weighted by molar-refractivity contribution is -0.132. The zero-order chi connectivity index (χ0) is 24.9. The van der Waals surface area contributed by atoms with Crippen molar-refractivity contribution in [2.45, 2.75) is 19.5 Å². The molecule has 1 heterocycles. The molecule has 34 heavy (non-hydrogen) atoms. The first-order valence-electron chi connectivity index (χ1n) is 10.1. The molecular formula is C23H22F4N6O. The third-order valence-electron chi connectivity index (χ3n) is 4.75. The molecule has 3 rings (SSSR count). The number of alkyl halides is 3. The number of carbonyl (C=O) groups excluding carboxylic acids is 1. The summed E-state index contributed by atoms with van der Waals surface area (Å²) < 4.78 is 51.8. The van der Waals surface area contributed by atoms with Gasteiger partial charge < -0.3 is 21.8 Å². The number of nitrogens with zero attached hydrogens (tertiary/aromatic N) is 2. The molecule has 0 aliphatic rings. The molecule has 0 atom stereocenters. The second-order valence-corrected chi connectivity index (χ2v) is 7.38. The SMILES string of the molecule is Cc1cc(-c2cnc(/C(=C\C(N)=Nc3ccccc3F)NCCC(F)(F)F)[nH]2)ccc1C(N)=O. The van der Waals surface area contributed by atoms with Crippen LogP contribution in [0.2, 0.25) is 0 Å². The highest BCUT2D eigenvalue weighted by molar-refractivity contribution is 5.99. The number of aromatic amines is 1. The second kappa shape index (κ2) is 10.2. The number of carbonyl (C=O) groups is 1. The summed E-state index contributed by atoms with van der Waals surface area (Å²) in [5, 5.41) is 2.66.